The predicted molar refractivity (Wildman–Crippen MR) is 103 cm³/mol. The first-order chi connectivity index (χ1) is 13.3. The van der Waals surface area contributed by atoms with Gasteiger partial charge in [-0.25, -0.2) is 4.39 Å². The first-order valence-electron chi connectivity index (χ1n) is 8.71. The van der Waals surface area contributed by atoms with E-state index in [9.17, 15) is 9.59 Å². The lowest BCUT2D eigenvalue weighted by Gasteiger charge is -2.54. The molecule has 0 radical (unpaired) electrons. The van der Waals surface area contributed by atoms with E-state index in [1.54, 1.807) is 11.0 Å². The summed E-state index contributed by atoms with van der Waals surface area (Å²) in [5.41, 5.74) is -0.629. The summed E-state index contributed by atoms with van der Waals surface area (Å²) in [6, 6.07) is 1.09. The Hall–Kier alpha value is -2.30. The van der Waals surface area contributed by atoms with Crippen LogP contribution in [0.3, 0.4) is 0 Å². The number of fused-ring (bicyclic) bond motifs is 5. The highest BCUT2D eigenvalue weighted by molar-refractivity contribution is 7.80. The number of nitrogens with one attached hydrogen (secondary N) is 2. The molecule has 2 N–H and O–H groups in total. The number of amides is 2. The number of rotatable bonds is 0. The Morgan fingerprint density at radius 2 is 2.07 bits per heavy atom. The van der Waals surface area contributed by atoms with E-state index in [-0.39, 0.29) is 22.3 Å². The number of piperazine rings is 1. The highest BCUT2D eigenvalue weighted by atomic mass is 35.5. The van der Waals surface area contributed by atoms with Crippen LogP contribution in [-0.2, 0) is 16.0 Å². The molecular weight excluding hydrogens is 409 g/mol. The molecule has 3 aliphatic rings. The van der Waals surface area contributed by atoms with Gasteiger partial charge in [0.1, 0.15) is 0 Å². The van der Waals surface area contributed by atoms with Crippen LogP contribution in [0.5, 0.6) is 0 Å². The van der Waals surface area contributed by atoms with Crippen molar-refractivity contribution < 1.29 is 18.5 Å². The maximum absolute atomic E-state index is 15.4. The number of nitrogens with zero attached hydrogens (tertiary/aromatic N) is 3. The van der Waals surface area contributed by atoms with Crippen molar-refractivity contribution in [2.24, 2.45) is 5.41 Å². The molecule has 2 aromatic rings. The molecule has 0 aliphatic carbocycles. The topological polar surface area (TPSA) is 90.7 Å². The first-order valence-corrected chi connectivity index (χ1v) is 9.50. The van der Waals surface area contributed by atoms with Crippen LogP contribution >= 0.6 is 23.8 Å². The van der Waals surface area contributed by atoms with E-state index in [0.717, 1.165) is 0 Å². The minimum Gasteiger partial charge on any atom is -0.362 e. The summed E-state index contributed by atoms with van der Waals surface area (Å²) in [4.78, 5) is 30.0. The Bertz CT molecular complexity index is 1050. The van der Waals surface area contributed by atoms with E-state index < -0.39 is 29.1 Å². The van der Waals surface area contributed by atoms with Crippen LogP contribution in [0.2, 0.25) is 5.15 Å². The second kappa shape index (κ2) is 5.85. The summed E-state index contributed by atoms with van der Waals surface area (Å²) < 4.78 is 20.4. The van der Waals surface area contributed by atoms with Gasteiger partial charge in [0.05, 0.1) is 17.1 Å². The molecule has 2 saturated heterocycles. The number of benzene rings is 1. The Balaban J connectivity index is 1.77. The van der Waals surface area contributed by atoms with Crippen molar-refractivity contribution in [1.29, 1.82) is 0 Å². The predicted octanol–water partition coefficient (Wildman–Crippen LogP) is 0.814. The fourth-order valence-corrected chi connectivity index (χ4v) is 4.91. The Kier molecular flexibility index (Phi) is 3.71. The van der Waals surface area contributed by atoms with Crippen LogP contribution in [0.15, 0.2) is 10.6 Å². The van der Waals surface area contributed by atoms with E-state index in [1.165, 1.54) is 0 Å². The maximum atomic E-state index is 15.4. The number of carbonyl (C=O) groups is 2. The number of halogens is 2. The summed E-state index contributed by atoms with van der Waals surface area (Å²) in [6.07, 6.45) is 0.0198. The highest BCUT2D eigenvalue weighted by Crippen LogP contribution is 2.47. The third-order valence-corrected chi connectivity index (χ3v) is 6.36. The molecule has 1 unspecified atom stereocenters. The molecule has 28 heavy (non-hydrogen) atoms. The number of thiocarbonyl (C=S) groups is 1. The van der Waals surface area contributed by atoms with Gasteiger partial charge in [-0.05, 0) is 37.3 Å². The van der Waals surface area contributed by atoms with Crippen LogP contribution in [0.4, 0.5) is 10.1 Å². The number of likely N-dealkylation sites (N-methyl/N-ethyl adjacent to an activating group) is 1. The van der Waals surface area contributed by atoms with Gasteiger partial charge < -0.3 is 25.0 Å². The molecule has 5 rings (SSSR count). The van der Waals surface area contributed by atoms with Crippen molar-refractivity contribution in [2.45, 2.75) is 12.5 Å². The summed E-state index contributed by atoms with van der Waals surface area (Å²) in [5, 5.41) is 9.10. The molecule has 0 saturated carbocycles. The first kappa shape index (κ1) is 17.8. The van der Waals surface area contributed by atoms with Crippen molar-refractivity contribution in [2.75, 3.05) is 31.6 Å². The largest absolute Gasteiger partial charge is 0.362 e. The number of hydrogen-bond acceptors (Lipinski definition) is 7. The normalized spacial score (nSPS) is 24.2. The zero-order chi connectivity index (χ0) is 19.8. The fourth-order valence-electron chi connectivity index (χ4n) is 4.55. The molecule has 3 aliphatic heterocycles. The van der Waals surface area contributed by atoms with Gasteiger partial charge in [0.15, 0.2) is 21.5 Å². The van der Waals surface area contributed by atoms with Crippen LogP contribution < -0.4 is 15.5 Å². The van der Waals surface area contributed by atoms with Gasteiger partial charge >= 0.3 is 0 Å². The van der Waals surface area contributed by atoms with Crippen molar-refractivity contribution in [1.82, 2.24) is 20.7 Å². The van der Waals surface area contributed by atoms with E-state index in [0.29, 0.717) is 36.3 Å². The summed E-state index contributed by atoms with van der Waals surface area (Å²) in [6.45, 7) is 1.52. The quantitative estimate of drug-likeness (QED) is 0.478. The lowest BCUT2D eigenvalue weighted by molar-refractivity contribution is -0.146. The summed E-state index contributed by atoms with van der Waals surface area (Å²) in [5.74, 6) is -1.54. The Morgan fingerprint density at radius 3 is 2.79 bits per heavy atom. The zero-order valence-electron chi connectivity index (χ0n) is 14.7. The molecule has 2 fully saturated rings. The van der Waals surface area contributed by atoms with E-state index in [4.69, 9.17) is 28.3 Å². The average molecular weight is 424 g/mol. The van der Waals surface area contributed by atoms with Gasteiger partial charge in [0.2, 0.25) is 17.4 Å². The van der Waals surface area contributed by atoms with Crippen molar-refractivity contribution >= 4 is 57.4 Å². The smallest absolute Gasteiger partial charge is 0.244 e. The van der Waals surface area contributed by atoms with Gasteiger partial charge in [-0.3, -0.25) is 9.59 Å². The van der Waals surface area contributed by atoms with E-state index >= 15 is 4.39 Å². The maximum Gasteiger partial charge on any atom is 0.244 e. The van der Waals surface area contributed by atoms with Gasteiger partial charge in [-0.15, -0.1) is 0 Å². The molecule has 4 heterocycles. The van der Waals surface area contributed by atoms with Crippen LogP contribution in [0, 0.1) is 11.2 Å². The summed E-state index contributed by atoms with van der Waals surface area (Å²) >= 11 is 11.0. The fraction of sp³-hybridized carbons (Fsp3) is 0.412. The number of hydrogen-bond donors (Lipinski definition) is 2. The molecule has 1 aromatic carbocycles. The zero-order valence-corrected chi connectivity index (χ0v) is 16.3. The molecular formula is C17H15ClFN5O3S. The molecule has 1 spiro atoms. The van der Waals surface area contributed by atoms with E-state index in [2.05, 4.69) is 15.8 Å². The van der Waals surface area contributed by atoms with Gasteiger partial charge in [0, 0.05) is 19.6 Å². The van der Waals surface area contributed by atoms with Crippen LogP contribution in [0.1, 0.15) is 5.56 Å². The molecule has 2 amide bonds. The molecule has 0 bridgehead atoms. The molecule has 11 heteroatoms. The van der Waals surface area contributed by atoms with Crippen LogP contribution in [-0.4, -0.2) is 59.7 Å². The SMILES string of the molecule is CN1CCN2c3c(cc4c(Cl)noc4c3F)CC3(C(=O)NC(=S)NC3=O)C2C1. The minimum atomic E-state index is -1.44. The second-order valence-electron chi connectivity index (χ2n) is 7.41. The number of aromatic nitrogens is 1. The second-order valence-corrected chi connectivity index (χ2v) is 8.17. The Morgan fingerprint density at radius 1 is 1.36 bits per heavy atom. The highest BCUT2D eigenvalue weighted by Gasteiger charge is 2.60. The van der Waals surface area contributed by atoms with Crippen molar-refractivity contribution in [3.63, 3.8) is 0 Å². The molecule has 146 valence electrons. The van der Waals surface area contributed by atoms with Crippen molar-refractivity contribution in [3.8, 4) is 0 Å². The van der Waals surface area contributed by atoms with E-state index in [1.807, 2.05) is 11.9 Å². The number of carbonyl (C=O) groups excluding carboxylic acids is 2. The third kappa shape index (κ3) is 2.19. The van der Waals surface area contributed by atoms with Gasteiger partial charge in [-0.2, -0.15) is 0 Å². The third-order valence-electron chi connectivity index (χ3n) is 5.89. The van der Waals surface area contributed by atoms with Gasteiger partial charge in [-0.1, -0.05) is 16.8 Å². The van der Waals surface area contributed by atoms with Crippen LogP contribution in [0.25, 0.3) is 11.0 Å². The van der Waals surface area contributed by atoms with Crippen molar-refractivity contribution in [3.05, 3.63) is 22.6 Å². The molecule has 1 atom stereocenters. The van der Waals surface area contributed by atoms with Gasteiger partial charge in [0.25, 0.3) is 0 Å². The lowest BCUT2D eigenvalue weighted by atomic mass is 9.68. The Labute approximate surface area is 168 Å². The lowest BCUT2D eigenvalue weighted by Crippen LogP contribution is -2.74. The standard InChI is InChI=1S/C17H15ClFN5O3S/c1-23-2-3-24-9(6-23)17(14(25)20-16(28)21-15(17)26)5-7-4-8-12(10(19)11(7)24)27-22-13(8)18/h4,9H,2-3,5-6H2,1H3,(H2,20,21,25,26,28). The molecule has 8 nitrogen and oxygen atoms in total. The monoisotopic (exact) mass is 423 g/mol. The summed E-state index contributed by atoms with van der Waals surface area (Å²) in [7, 11) is 1.90. The minimum absolute atomic E-state index is 0.0198. The number of anilines is 1. The molecule has 1 aromatic heterocycles. The average Bonchev–Trinajstić information content (AvgIpc) is 3.00.